The first-order chi connectivity index (χ1) is 11.6. The van der Waals surface area contributed by atoms with Gasteiger partial charge in [0.2, 0.25) is 0 Å². The molecule has 1 aliphatic heterocycles. The maximum atomic E-state index is 12.6. The Morgan fingerprint density at radius 3 is 2.79 bits per heavy atom. The number of ether oxygens (including phenoxy) is 1. The fraction of sp³-hybridized carbons (Fsp3) is 0.333. The normalized spacial score (nSPS) is 17.2. The van der Waals surface area contributed by atoms with E-state index < -0.39 is 5.97 Å². The highest BCUT2D eigenvalue weighted by atomic mass is 32.1. The molecule has 1 saturated heterocycles. The van der Waals surface area contributed by atoms with Gasteiger partial charge in [-0.3, -0.25) is 4.79 Å². The molecule has 126 valence electrons. The molecule has 1 amide bonds. The summed E-state index contributed by atoms with van der Waals surface area (Å²) >= 11 is 1.18. The van der Waals surface area contributed by atoms with Gasteiger partial charge in [-0.15, -0.1) is 11.3 Å². The lowest BCUT2D eigenvalue weighted by Crippen LogP contribution is -2.37. The number of nitrogens with zero attached hydrogens (tertiary/aromatic N) is 1. The highest BCUT2D eigenvalue weighted by Gasteiger charge is 2.30. The first-order valence-electron chi connectivity index (χ1n) is 7.89. The third kappa shape index (κ3) is 3.83. The number of likely N-dealkylation sites (tertiary alicyclic amines) is 1. The van der Waals surface area contributed by atoms with E-state index in [0.29, 0.717) is 24.6 Å². The molecule has 0 saturated carbocycles. The second-order valence-electron chi connectivity index (χ2n) is 5.80. The van der Waals surface area contributed by atoms with Gasteiger partial charge in [-0.05, 0) is 24.5 Å². The third-order valence-electron chi connectivity index (χ3n) is 4.12. The average molecular weight is 345 g/mol. The monoisotopic (exact) mass is 345 g/mol. The summed E-state index contributed by atoms with van der Waals surface area (Å²) in [7, 11) is 0. The third-order valence-corrected chi connectivity index (χ3v) is 5.04. The van der Waals surface area contributed by atoms with Crippen LogP contribution in [0.1, 0.15) is 38.4 Å². The molecule has 2 heterocycles. The summed E-state index contributed by atoms with van der Waals surface area (Å²) in [6, 6.07) is 11.4. The summed E-state index contributed by atoms with van der Waals surface area (Å²) in [5.41, 5.74) is 1.28. The lowest BCUT2D eigenvalue weighted by molar-refractivity contribution is 0.0501. The van der Waals surface area contributed by atoms with Gasteiger partial charge in [-0.2, -0.15) is 0 Å². The van der Waals surface area contributed by atoms with Gasteiger partial charge >= 0.3 is 5.97 Å². The number of thiophene rings is 1. The fourth-order valence-corrected chi connectivity index (χ4v) is 3.70. The summed E-state index contributed by atoms with van der Waals surface area (Å²) < 4.78 is 5.78. The molecular weight excluding hydrogens is 326 g/mol. The Kier molecular flexibility index (Phi) is 5.27. The molecule has 1 atom stereocenters. The number of carbonyl (C=O) groups excluding carboxylic acids is 1. The van der Waals surface area contributed by atoms with Crippen LogP contribution in [-0.2, 0) is 11.3 Å². The number of rotatable bonds is 6. The number of carboxylic acid groups (broad SMARTS) is 1. The molecule has 0 bridgehead atoms. The smallest absolute Gasteiger partial charge is 0.336 e. The molecule has 24 heavy (non-hydrogen) atoms. The van der Waals surface area contributed by atoms with Gasteiger partial charge < -0.3 is 14.7 Å². The van der Waals surface area contributed by atoms with E-state index in [0.717, 1.165) is 18.4 Å². The van der Waals surface area contributed by atoms with Crippen molar-refractivity contribution in [3.8, 4) is 0 Å². The van der Waals surface area contributed by atoms with Crippen LogP contribution in [0.4, 0.5) is 0 Å². The number of carboxylic acids is 1. The maximum absolute atomic E-state index is 12.6. The molecule has 1 aliphatic rings. The highest BCUT2D eigenvalue weighted by molar-refractivity contribution is 7.12. The van der Waals surface area contributed by atoms with Crippen LogP contribution in [0, 0.1) is 0 Å². The van der Waals surface area contributed by atoms with Crippen LogP contribution >= 0.6 is 11.3 Å². The minimum absolute atomic E-state index is 0.0524. The Balaban J connectivity index is 1.58. The van der Waals surface area contributed by atoms with Crippen LogP contribution in [-0.4, -0.2) is 41.1 Å². The van der Waals surface area contributed by atoms with Crippen molar-refractivity contribution in [3.63, 3.8) is 0 Å². The van der Waals surface area contributed by atoms with Crippen molar-refractivity contribution < 1.29 is 19.4 Å². The van der Waals surface area contributed by atoms with Crippen molar-refractivity contribution in [1.29, 1.82) is 0 Å². The van der Waals surface area contributed by atoms with E-state index in [1.165, 1.54) is 22.8 Å². The lowest BCUT2D eigenvalue weighted by atomic mass is 10.2. The zero-order valence-corrected chi connectivity index (χ0v) is 14.0. The van der Waals surface area contributed by atoms with Crippen LogP contribution in [0.2, 0.25) is 0 Å². The Labute approximate surface area is 144 Å². The van der Waals surface area contributed by atoms with Gasteiger partial charge in [0.25, 0.3) is 5.91 Å². The fourth-order valence-electron chi connectivity index (χ4n) is 2.87. The standard InChI is InChI=1S/C18H19NO4S/c20-17(16-9-14(12-24-16)18(21)22)19-8-4-7-15(19)11-23-10-13-5-2-1-3-6-13/h1-3,5-6,9,12,15H,4,7-8,10-11H2,(H,21,22)/t15-/m1/s1. The molecule has 1 aromatic heterocycles. The molecule has 0 radical (unpaired) electrons. The summed E-state index contributed by atoms with van der Waals surface area (Å²) in [5.74, 6) is -1.10. The van der Waals surface area contributed by atoms with E-state index in [4.69, 9.17) is 9.84 Å². The molecule has 0 spiro atoms. The first kappa shape index (κ1) is 16.7. The Morgan fingerprint density at radius 2 is 2.08 bits per heavy atom. The van der Waals surface area contributed by atoms with Gasteiger partial charge in [-0.1, -0.05) is 30.3 Å². The van der Waals surface area contributed by atoms with Crippen molar-refractivity contribution in [2.45, 2.75) is 25.5 Å². The van der Waals surface area contributed by atoms with Crippen LogP contribution in [0.3, 0.4) is 0 Å². The minimum Gasteiger partial charge on any atom is -0.478 e. The van der Waals surface area contributed by atoms with Gasteiger partial charge in [0.05, 0.1) is 29.7 Å². The molecule has 3 rings (SSSR count). The summed E-state index contributed by atoms with van der Waals surface area (Å²) in [6.07, 6.45) is 1.86. The quantitative estimate of drug-likeness (QED) is 0.872. The maximum Gasteiger partial charge on any atom is 0.336 e. The second-order valence-corrected chi connectivity index (χ2v) is 6.71. The lowest BCUT2D eigenvalue weighted by Gasteiger charge is -2.24. The van der Waals surface area contributed by atoms with Crippen LogP contribution in [0.15, 0.2) is 41.8 Å². The predicted molar refractivity (Wildman–Crippen MR) is 91.4 cm³/mol. The van der Waals surface area contributed by atoms with Crippen LogP contribution < -0.4 is 0 Å². The average Bonchev–Trinajstić information content (AvgIpc) is 3.25. The van der Waals surface area contributed by atoms with Crippen molar-refractivity contribution in [2.75, 3.05) is 13.2 Å². The van der Waals surface area contributed by atoms with Gasteiger partial charge in [0, 0.05) is 11.9 Å². The van der Waals surface area contributed by atoms with E-state index in [1.807, 2.05) is 35.2 Å². The predicted octanol–water partition coefficient (Wildman–Crippen LogP) is 3.27. The van der Waals surface area contributed by atoms with E-state index in [-0.39, 0.29) is 17.5 Å². The Bertz CT molecular complexity index is 713. The number of benzene rings is 1. The van der Waals surface area contributed by atoms with Crippen molar-refractivity contribution in [3.05, 3.63) is 57.8 Å². The van der Waals surface area contributed by atoms with Gasteiger partial charge in [0.1, 0.15) is 0 Å². The van der Waals surface area contributed by atoms with E-state index >= 15 is 0 Å². The van der Waals surface area contributed by atoms with E-state index in [9.17, 15) is 9.59 Å². The van der Waals surface area contributed by atoms with Gasteiger partial charge in [0.15, 0.2) is 0 Å². The number of carbonyl (C=O) groups is 2. The van der Waals surface area contributed by atoms with Crippen molar-refractivity contribution in [2.24, 2.45) is 0 Å². The highest BCUT2D eigenvalue weighted by Crippen LogP contribution is 2.24. The topological polar surface area (TPSA) is 66.8 Å². The molecule has 2 aromatic rings. The first-order valence-corrected chi connectivity index (χ1v) is 8.77. The number of hydrogen-bond donors (Lipinski definition) is 1. The molecule has 1 fully saturated rings. The Hall–Kier alpha value is -2.18. The molecule has 5 nitrogen and oxygen atoms in total. The minimum atomic E-state index is -1.01. The number of amides is 1. The molecule has 6 heteroatoms. The zero-order valence-electron chi connectivity index (χ0n) is 13.2. The van der Waals surface area contributed by atoms with Gasteiger partial charge in [-0.25, -0.2) is 4.79 Å². The molecule has 0 unspecified atom stereocenters. The summed E-state index contributed by atoms with van der Waals surface area (Å²) in [4.78, 5) is 25.9. The second kappa shape index (κ2) is 7.59. The van der Waals surface area contributed by atoms with Crippen LogP contribution in [0.5, 0.6) is 0 Å². The molecular formula is C18H19NO4S. The SMILES string of the molecule is O=C(O)c1csc(C(=O)N2CCC[C@@H]2COCc2ccccc2)c1. The zero-order chi connectivity index (χ0) is 16.9. The van der Waals surface area contributed by atoms with Crippen LogP contribution in [0.25, 0.3) is 0 Å². The number of hydrogen-bond acceptors (Lipinski definition) is 4. The summed E-state index contributed by atoms with van der Waals surface area (Å²) in [5, 5.41) is 10.5. The largest absolute Gasteiger partial charge is 0.478 e. The van der Waals surface area contributed by atoms with Crippen molar-refractivity contribution >= 4 is 23.2 Å². The van der Waals surface area contributed by atoms with Crippen molar-refractivity contribution in [1.82, 2.24) is 4.90 Å². The molecule has 0 aliphatic carbocycles. The number of aromatic carboxylic acids is 1. The molecule has 1 N–H and O–H groups in total. The van der Waals surface area contributed by atoms with E-state index in [1.54, 1.807) is 0 Å². The van der Waals surface area contributed by atoms with E-state index in [2.05, 4.69) is 0 Å². The summed E-state index contributed by atoms with van der Waals surface area (Å²) in [6.45, 7) is 1.72. The Morgan fingerprint density at radius 1 is 1.29 bits per heavy atom. The molecule has 1 aromatic carbocycles.